The molecular formula is C18H29NO. The minimum atomic E-state index is -0.00876. The Balaban J connectivity index is 1.85. The third-order valence-corrected chi connectivity index (χ3v) is 4.62. The number of hydrogen-bond donors (Lipinski definition) is 1. The molecule has 0 spiro atoms. The summed E-state index contributed by atoms with van der Waals surface area (Å²) in [4.78, 5) is 0. The van der Waals surface area contributed by atoms with Crippen LogP contribution in [-0.2, 0) is 4.74 Å². The van der Waals surface area contributed by atoms with Crippen molar-refractivity contribution in [2.45, 2.75) is 65.5 Å². The van der Waals surface area contributed by atoms with Crippen molar-refractivity contribution in [2.24, 2.45) is 11.1 Å². The fraction of sp³-hybridized carbons (Fsp3) is 0.667. The van der Waals surface area contributed by atoms with E-state index in [-0.39, 0.29) is 6.04 Å². The largest absolute Gasteiger partial charge is 0.376 e. The summed E-state index contributed by atoms with van der Waals surface area (Å²) in [7, 11) is 0. The lowest BCUT2D eigenvalue weighted by Crippen LogP contribution is -2.29. The lowest BCUT2D eigenvalue weighted by Gasteiger charge is -2.34. The highest BCUT2D eigenvalue weighted by atomic mass is 16.5. The van der Waals surface area contributed by atoms with Crippen LogP contribution in [0.5, 0.6) is 0 Å². The minimum absolute atomic E-state index is 0.00876. The predicted molar refractivity (Wildman–Crippen MR) is 84.8 cm³/mol. The summed E-state index contributed by atoms with van der Waals surface area (Å²) in [6.45, 7) is 9.58. The average Bonchev–Trinajstić information content (AvgIpc) is 2.37. The Morgan fingerprint density at radius 3 is 2.50 bits per heavy atom. The van der Waals surface area contributed by atoms with Gasteiger partial charge in [-0.1, -0.05) is 37.6 Å². The highest BCUT2D eigenvalue weighted by molar-refractivity contribution is 5.32. The van der Waals surface area contributed by atoms with Gasteiger partial charge >= 0.3 is 0 Å². The van der Waals surface area contributed by atoms with Crippen LogP contribution in [0.4, 0.5) is 0 Å². The van der Waals surface area contributed by atoms with Gasteiger partial charge in [-0.15, -0.1) is 0 Å². The molecule has 1 aliphatic carbocycles. The van der Waals surface area contributed by atoms with Gasteiger partial charge in [0.2, 0.25) is 0 Å². The first-order chi connectivity index (χ1) is 9.37. The first-order valence-electron chi connectivity index (χ1n) is 7.82. The Kier molecular flexibility index (Phi) is 4.87. The molecule has 1 atom stereocenters. The van der Waals surface area contributed by atoms with Gasteiger partial charge in [-0.3, -0.25) is 0 Å². The van der Waals surface area contributed by atoms with Crippen molar-refractivity contribution in [3.8, 4) is 0 Å². The first kappa shape index (κ1) is 15.5. The van der Waals surface area contributed by atoms with Crippen molar-refractivity contribution >= 4 is 0 Å². The second-order valence-electron chi connectivity index (χ2n) is 7.16. The van der Waals surface area contributed by atoms with Crippen LogP contribution in [0.1, 0.15) is 62.3 Å². The zero-order valence-electron chi connectivity index (χ0n) is 13.4. The standard InChI is InChI=1S/C18H29NO/c1-13-5-6-16(14(2)11-13)17(19)12-20-15-7-9-18(3,4)10-8-15/h5-6,11,15,17H,7-10,12,19H2,1-4H3. The van der Waals surface area contributed by atoms with Crippen molar-refractivity contribution in [3.63, 3.8) is 0 Å². The van der Waals surface area contributed by atoms with Crippen LogP contribution in [0.15, 0.2) is 18.2 Å². The molecule has 1 aromatic carbocycles. The SMILES string of the molecule is Cc1ccc(C(N)COC2CCC(C)(C)CC2)c(C)c1. The van der Waals surface area contributed by atoms with Crippen molar-refractivity contribution in [1.82, 2.24) is 0 Å². The van der Waals surface area contributed by atoms with Crippen molar-refractivity contribution in [2.75, 3.05) is 6.61 Å². The number of rotatable bonds is 4. The molecule has 1 aliphatic rings. The van der Waals surface area contributed by atoms with Crippen molar-refractivity contribution in [3.05, 3.63) is 34.9 Å². The Bertz CT molecular complexity index is 443. The van der Waals surface area contributed by atoms with Crippen LogP contribution >= 0.6 is 0 Å². The van der Waals surface area contributed by atoms with Gasteiger partial charge in [-0.25, -0.2) is 0 Å². The summed E-state index contributed by atoms with van der Waals surface area (Å²) < 4.78 is 6.05. The summed E-state index contributed by atoms with van der Waals surface area (Å²) in [5.74, 6) is 0. The van der Waals surface area contributed by atoms with Crippen LogP contribution in [0.3, 0.4) is 0 Å². The van der Waals surface area contributed by atoms with E-state index >= 15 is 0 Å². The number of nitrogens with two attached hydrogens (primary N) is 1. The Morgan fingerprint density at radius 1 is 1.25 bits per heavy atom. The molecule has 0 saturated heterocycles. The summed E-state index contributed by atoms with van der Waals surface area (Å²) in [6.07, 6.45) is 5.27. The predicted octanol–water partition coefficient (Wildman–Crippen LogP) is 4.29. The normalized spacial score (nSPS) is 20.9. The number of hydrogen-bond acceptors (Lipinski definition) is 2. The van der Waals surface area contributed by atoms with Gasteiger partial charge in [0.05, 0.1) is 18.8 Å². The number of ether oxygens (including phenoxy) is 1. The van der Waals surface area contributed by atoms with E-state index < -0.39 is 0 Å². The van der Waals surface area contributed by atoms with E-state index in [1.165, 1.54) is 42.4 Å². The highest BCUT2D eigenvalue weighted by Gasteiger charge is 2.27. The van der Waals surface area contributed by atoms with E-state index in [2.05, 4.69) is 45.9 Å². The van der Waals surface area contributed by atoms with E-state index in [0.29, 0.717) is 18.1 Å². The zero-order chi connectivity index (χ0) is 14.8. The van der Waals surface area contributed by atoms with Gasteiger partial charge in [-0.05, 0) is 56.1 Å². The maximum atomic E-state index is 6.29. The molecule has 0 radical (unpaired) electrons. The topological polar surface area (TPSA) is 35.2 Å². The average molecular weight is 275 g/mol. The second kappa shape index (κ2) is 6.28. The molecule has 2 N–H and O–H groups in total. The highest BCUT2D eigenvalue weighted by Crippen LogP contribution is 2.36. The molecule has 1 unspecified atom stereocenters. The minimum Gasteiger partial charge on any atom is -0.376 e. The van der Waals surface area contributed by atoms with Crippen LogP contribution < -0.4 is 5.73 Å². The summed E-state index contributed by atoms with van der Waals surface area (Å²) in [5, 5.41) is 0. The zero-order valence-corrected chi connectivity index (χ0v) is 13.4. The van der Waals surface area contributed by atoms with Crippen LogP contribution in [0, 0.1) is 19.3 Å². The second-order valence-corrected chi connectivity index (χ2v) is 7.16. The van der Waals surface area contributed by atoms with Crippen LogP contribution in [0.2, 0.25) is 0 Å². The van der Waals surface area contributed by atoms with E-state index in [1.54, 1.807) is 0 Å². The third-order valence-electron chi connectivity index (χ3n) is 4.62. The van der Waals surface area contributed by atoms with Crippen LogP contribution in [-0.4, -0.2) is 12.7 Å². The summed E-state index contributed by atoms with van der Waals surface area (Å²) >= 11 is 0. The van der Waals surface area contributed by atoms with Gasteiger partial charge in [0.1, 0.15) is 0 Å². The molecule has 0 aliphatic heterocycles. The molecule has 2 nitrogen and oxygen atoms in total. The molecule has 0 aromatic heterocycles. The Morgan fingerprint density at radius 2 is 1.90 bits per heavy atom. The van der Waals surface area contributed by atoms with E-state index in [9.17, 15) is 0 Å². The van der Waals surface area contributed by atoms with E-state index in [1.807, 2.05) is 0 Å². The maximum absolute atomic E-state index is 6.29. The maximum Gasteiger partial charge on any atom is 0.0663 e. The molecule has 0 heterocycles. The summed E-state index contributed by atoms with van der Waals surface area (Å²) in [6, 6.07) is 6.46. The van der Waals surface area contributed by atoms with Gasteiger partial charge < -0.3 is 10.5 Å². The molecule has 112 valence electrons. The first-order valence-corrected chi connectivity index (χ1v) is 7.82. The monoisotopic (exact) mass is 275 g/mol. The number of aryl methyl sites for hydroxylation is 2. The molecule has 2 heteroatoms. The lowest BCUT2D eigenvalue weighted by atomic mass is 9.76. The fourth-order valence-corrected chi connectivity index (χ4v) is 3.11. The molecule has 1 fully saturated rings. The van der Waals surface area contributed by atoms with Gasteiger partial charge in [0.15, 0.2) is 0 Å². The van der Waals surface area contributed by atoms with Crippen LogP contribution in [0.25, 0.3) is 0 Å². The van der Waals surface area contributed by atoms with E-state index in [4.69, 9.17) is 10.5 Å². The molecule has 1 aromatic rings. The quantitative estimate of drug-likeness (QED) is 0.889. The van der Waals surface area contributed by atoms with Crippen molar-refractivity contribution < 1.29 is 4.74 Å². The lowest BCUT2D eigenvalue weighted by molar-refractivity contribution is -0.00190. The smallest absolute Gasteiger partial charge is 0.0663 e. The summed E-state index contributed by atoms with van der Waals surface area (Å²) in [5.41, 5.74) is 10.6. The van der Waals surface area contributed by atoms with Gasteiger partial charge in [0, 0.05) is 0 Å². The van der Waals surface area contributed by atoms with Gasteiger partial charge in [-0.2, -0.15) is 0 Å². The number of benzene rings is 1. The fourth-order valence-electron chi connectivity index (χ4n) is 3.11. The molecule has 0 amide bonds. The molecule has 20 heavy (non-hydrogen) atoms. The van der Waals surface area contributed by atoms with E-state index in [0.717, 1.165) is 0 Å². The third kappa shape index (κ3) is 4.07. The van der Waals surface area contributed by atoms with Crippen molar-refractivity contribution in [1.29, 1.82) is 0 Å². The Hall–Kier alpha value is -0.860. The Labute approximate surface area is 123 Å². The molecular weight excluding hydrogens is 246 g/mol. The molecule has 2 rings (SSSR count). The van der Waals surface area contributed by atoms with Gasteiger partial charge in [0.25, 0.3) is 0 Å². The molecule has 1 saturated carbocycles. The molecule has 0 bridgehead atoms.